The number of aromatic nitrogens is 8. The second-order valence-corrected chi connectivity index (χ2v) is 17.4. The molecule has 7 aromatic rings. The van der Waals surface area contributed by atoms with E-state index in [0.29, 0.717) is 63.6 Å². The number of nitrogens with one attached hydrogen (secondary N) is 1. The summed E-state index contributed by atoms with van der Waals surface area (Å²) >= 11 is 0. The number of hydrogen-bond donors (Lipinski definition) is 2. The van der Waals surface area contributed by atoms with Crippen LogP contribution in [0.1, 0.15) is 43.3 Å². The Morgan fingerprint density at radius 1 is 0.652 bits per heavy atom. The molecule has 3 aromatic carbocycles. The second kappa shape index (κ2) is 19.9. The lowest BCUT2D eigenvalue weighted by atomic mass is 10.0. The van der Waals surface area contributed by atoms with Gasteiger partial charge in [0.1, 0.15) is 17.3 Å². The Balaban J connectivity index is 0.000000166. The summed E-state index contributed by atoms with van der Waals surface area (Å²) in [5, 5.41) is 3.02. The Morgan fingerprint density at radius 3 is 1.59 bits per heavy atom. The van der Waals surface area contributed by atoms with Crippen molar-refractivity contribution in [2.24, 2.45) is 0 Å². The molecule has 0 saturated carbocycles. The highest BCUT2D eigenvalue weighted by Crippen LogP contribution is 2.35. The minimum atomic E-state index is -0.599. The molecular formula is C50H54N14O5. The van der Waals surface area contributed by atoms with Crippen molar-refractivity contribution in [3.63, 3.8) is 0 Å². The lowest BCUT2D eigenvalue weighted by molar-refractivity contribution is 0.0984. The first kappa shape index (κ1) is 45.2. The monoisotopic (exact) mass is 930 g/mol. The number of nitrogen functional groups attached to an aromatic ring is 1. The standard InChI is InChI=1S/C28H29N7O4.C22H25N7O/c1-3-39-25-22(23(36)24(25)37)31-19-7-5-18(6-8-19)26-32-21-15-34(28-29-10-4-11-30-28)12-9-20(21)27(33-26)35-13-14-38-16-17(35)2;1-15-14-30-12-11-29(15)21-18-7-10-28(22-24-8-2-9-25-22)13-19(18)26-20(27-21)16-3-5-17(23)6-4-16/h4-8,10-11,17,31H,3,9,12-16H2,1-2H3;2-6,8-9,15H,7,10-14,23H2,1H3/t17-;15-/m00/s1. The number of morpholine rings is 2. The summed E-state index contributed by atoms with van der Waals surface area (Å²) in [6, 6.07) is 19.3. The van der Waals surface area contributed by atoms with Crippen LogP contribution < -0.4 is 46.2 Å². The number of ether oxygens (including phenoxy) is 3. The zero-order valence-corrected chi connectivity index (χ0v) is 38.9. The number of rotatable bonds is 10. The van der Waals surface area contributed by atoms with Crippen molar-refractivity contribution in [1.82, 2.24) is 39.9 Å². The van der Waals surface area contributed by atoms with Gasteiger partial charge in [0.25, 0.3) is 10.9 Å². The van der Waals surface area contributed by atoms with Crippen molar-refractivity contribution < 1.29 is 14.2 Å². The van der Waals surface area contributed by atoms with E-state index in [0.717, 1.165) is 96.2 Å². The molecule has 2 fully saturated rings. The zero-order valence-electron chi connectivity index (χ0n) is 38.9. The summed E-state index contributed by atoms with van der Waals surface area (Å²) in [4.78, 5) is 70.6. The fourth-order valence-corrected chi connectivity index (χ4v) is 9.13. The molecule has 19 nitrogen and oxygen atoms in total. The predicted molar refractivity (Wildman–Crippen MR) is 264 cm³/mol. The smallest absolute Gasteiger partial charge is 0.272 e. The first-order valence-corrected chi connectivity index (χ1v) is 23.4. The molecule has 11 rings (SSSR count). The molecule has 8 heterocycles. The Hall–Kier alpha value is -7.64. The van der Waals surface area contributed by atoms with Gasteiger partial charge in [-0.3, -0.25) is 9.59 Å². The zero-order chi connectivity index (χ0) is 47.4. The summed E-state index contributed by atoms with van der Waals surface area (Å²) in [5.74, 6) is 4.82. The van der Waals surface area contributed by atoms with Gasteiger partial charge in [0.2, 0.25) is 11.9 Å². The van der Waals surface area contributed by atoms with E-state index in [-0.39, 0.29) is 23.5 Å². The van der Waals surface area contributed by atoms with Gasteiger partial charge in [-0.1, -0.05) is 0 Å². The minimum absolute atomic E-state index is 0.0841. The van der Waals surface area contributed by atoms with E-state index in [1.165, 1.54) is 5.56 Å². The molecule has 0 aliphatic carbocycles. The molecule has 0 radical (unpaired) electrons. The molecule has 69 heavy (non-hydrogen) atoms. The van der Waals surface area contributed by atoms with E-state index < -0.39 is 10.9 Å². The van der Waals surface area contributed by atoms with Crippen LogP contribution in [0.3, 0.4) is 0 Å². The van der Waals surface area contributed by atoms with Gasteiger partial charge in [-0.15, -0.1) is 0 Å². The van der Waals surface area contributed by atoms with Crippen molar-refractivity contribution >= 4 is 40.6 Å². The quantitative estimate of drug-likeness (QED) is 0.140. The summed E-state index contributed by atoms with van der Waals surface area (Å²) in [7, 11) is 0. The molecule has 0 bridgehead atoms. The molecule has 19 heteroatoms. The number of benzene rings is 2. The molecule has 4 aromatic heterocycles. The van der Waals surface area contributed by atoms with Crippen molar-refractivity contribution in [3.05, 3.63) is 128 Å². The van der Waals surface area contributed by atoms with Crippen LogP contribution in [-0.4, -0.2) is 111 Å². The molecule has 354 valence electrons. The van der Waals surface area contributed by atoms with Crippen LogP contribution in [0.15, 0.2) is 95.0 Å². The van der Waals surface area contributed by atoms with Crippen LogP contribution in [0, 0.1) is 0 Å². The summed E-state index contributed by atoms with van der Waals surface area (Å²) in [6.45, 7) is 13.6. The Morgan fingerprint density at radius 2 is 1.13 bits per heavy atom. The van der Waals surface area contributed by atoms with Crippen LogP contribution in [0.5, 0.6) is 5.75 Å². The molecule has 0 amide bonds. The fourth-order valence-electron chi connectivity index (χ4n) is 9.13. The number of nitrogens with two attached hydrogens (primary N) is 1. The van der Waals surface area contributed by atoms with Crippen LogP contribution in [0.25, 0.3) is 22.8 Å². The van der Waals surface area contributed by atoms with Gasteiger partial charge in [0.15, 0.2) is 17.4 Å². The van der Waals surface area contributed by atoms with Gasteiger partial charge in [0.05, 0.1) is 69.6 Å². The Labute approximate surface area is 399 Å². The predicted octanol–water partition coefficient (Wildman–Crippen LogP) is 4.76. The average molecular weight is 931 g/mol. The highest BCUT2D eigenvalue weighted by atomic mass is 16.5. The molecule has 2 atom stereocenters. The number of nitrogens with zero attached hydrogens (tertiary/aromatic N) is 12. The van der Waals surface area contributed by atoms with Gasteiger partial charge < -0.3 is 44.9 Å². The number of anilines is 7. The number of fused-ring (bicyclic) bond motifs is 2. The first-order chi connectivity index (χ1) is 33.7. The third-order valence-electron chi connectivity index (χ3n) is 12.8. The molecule has 0 spiro atoms. The van der Waals surface area contributed by atoms with Gasteiger partial charge in [0, 0.05) is 84.6 Å². The molecular weight excluding hydrogens is 877 g/mol. The van der Waals surface area contributed by atoms with Gasteiger partial charge in [-0.2, -0.15) is 0 Å². The maximum absolute atomic E-state index is 12.0. The van der Waals surface area contributed by atoms with Crippen LogP contribution in [0.2, 0.25) is 0 Å². The van der Waals surface area contributed by atoms with Crippen molar-refractivity contribution in [3.8, 4) is 28.5 Å². The number of hydrogen-bond acceptors (Lipinski definition) is 19. The van der Waals surface area contributed by atoms with E-state index in [4.69, 9.17) is 39.9 Å². The van der Waals surface area contributed by atoms with Gasteiger partial charge >= 0.3 is 0 Å². The summed E-state index contributed by atoms with van der Waals surface area (Å²) in [6.07, 6.45) is 8.70. The van der Waals surface area contributed by atoms with E-state index in [2.05, 4.69) is 58.7 Å². The highest BCUT2D eigenvalue weighted by Gasteiger charge is 2.32. The Kier molecular flexibility index (Phi) is 13.0. The van der Waals surface area contributed by atoms with E-state index in [1.807, 2.05) is 60.7 Å². The lowest BCUT2D eigenvalue weighted by Gasteiger charge is -2.37. The summed E-state index contributed by atoms with van der Waals surface area (Å²) < 4.78 is 16.7. The van der Waals surface area contributed by atoms with Crippen LogP contribution in [-0.2, 0) is 35.4 Å². The molecule has 3 N–H and O–H groups in total. The van der Waals surface area contributed by atoms with Crippen LogP contribution in [0.4, 0.5) is 40.6 Å². The van der Waals surface area contributed by atoms with Crippen molar-refractivity contribution in [2.75, 3.05) is 89.9 Å². The minimum Gasteiger partial charge on any atom is -0.488 e. The molecule has 4 aliphatic rings. The van der Waals surface area contributed by atoms with Crippen LogP contribution >= 0.6 is 0 Å². The molecule has 4 aliphatic heterocycles. The third kappa shape index (κ3) is 9.47. The summed E-state index contributed by atoms with van der Waals surface area (Å²) in [5.41, 5.74) is 12.5. The fraction of sp³-hybridized carbons (Fsp3) is 0.360. The molecule has 0 unspecified atom stereocenters. The maximum Gasteiger partial charge on any atom is 0.272 e. The van der Waals surface area contributed by atoms with Gasteiger partial charge in [-0.05, 0) is 94.3 Å². The normalized spacial score (nSPS) is 18.0. The average Bonchev–Trinajstić information content (AvgIpc) is 3.40. The highest BCUT2D eigenvalue weighted by molar-refractivity contribution is 5.72. The third-order valence-corrected chi connectivity index (χ3v) is 12.8. The maximum atomic E-state index is 12.0. The van der Waals surface area contributed by atoms with E-state index >= 15 is 0 Å². The Bertz CT molecular complexity index is 2970. The van der Waals surface area contributed by atoms with E-state index in [1.54, 1.807) is 31.7 Å². The molecule has 2 saturated heterocycles. The SMILES string of the molecule is CCOc1c(Nc2ccc(-c3nc4c(c(N5CCOC[C@@H]5C)n3)CCN(c3ncccn3)C4)cc2)c(=O)c1=O.C[C@H]1COCCN1c1nc(-c2ccc(N)cc2)nc2c1CCN(c1ncccn1)C2. The topological polar surface area (TPSA) is 216 Å². The van der Waals surface area contributed by atoms with E-state index in [9.17, 15) is 9.59 Å². The van der Waals surface area contributed by atoms with Crippen molar-refractivity contribution in [1.29, 1.82) is 0 Å². The largest absolute Gasteiger partial charge is 0.488 e. The first-order valence-electron chi connectivity index (χ1n) is 23.4. The lowest BCUT2D eigenvalue weighted by Crippen LogP contribution is -2.45. The van der Waals surface area contributed by atoms with Crippen molar-refractivity contribution in [2.45, 2.75) is 58.8 Å². The second-order valence-electron chi connectivity index (χ2n) is 17.4. The van der Waals surface area contributed by atoms with Gasteiger partial charge in [-0.25, -0.2) is 39.9 Å².